The molecular formula is C17H25FN2O3. The predicted octanol–water partition coefficient (Wildman–Crippen LogP) is 2.40. The van der Waals surface area contributed by atoms with Gasteiger partial charge in [-0.25, -0.2) is 9.18 Å². The molecule has 0 aromatic heterocycles. The van der Waals surface area contributed by atoms with Crippen LogP contribution in [-0.4, -0.2) is 48.9 Å². The Kier molecular flexibility index (Phi) is 7.13. The zero-order valence-corrected chi connectivity index (χ0v) is 13.3. The molecule has 6 heteroatoms. The van der Waals surface area contributed by atoms with Crippen LogP contribution in [0.25, 0.3) is 0 Å². The molecule has 0 aliphatic carbocycles. The molecule has 1 aromatic rings. The van der Waals surface area contributed by atoms with E-state index in [1.165, 1.54) is 6.07 Å². The fourth-order valence-electron chi connectivity index (χ4n) is 2.70. The van der Waals surface area contributed by atoms with Crippen molar-refractivity contribution in [1.29, 1.82) is 0 Å². The number of aliphatic hydroxyl groups is 1. The maximum Gasteiger partial charge on any atom is 0.317 e. The first-order valence-electron chi connectivity index (χ1n) is 8.21. The minimum absolute atomic E-state index is 0.0708. The Bertz CT molecular complexity index is 498. The number of amides is 2. The SMILES string of the molecule is O=C(NCCCCO)N1CCC[C@H](COc2ccccc2F)C1. The summed E-state index contributed by atoms with van der Waals surface area (Å²) in [5.41, 5.74) is 0. The smallest absolute Gasteiger partial charge is 0.317 e. The third kappa shape index (κ3) is 5.71. The average Bonchev–Trinajstić information content (AvgIpc) is 2.58. The molecule has 2 amide bonds. The number of hydrogen-bond donors (Lipinski definition) is 2. The standard InChI is InChI=1S/C17H25FN2O3/c18-15-7-1-2-8-16(15)23-13-14-6-5-10-20(12-14)17(22)19-9-3-4-11-21/h1-2,7-8,14,21H,3-6,9-13H2,(H,19,22)/t14-/m0/s1. The quantitative estimate of drug-likeness (QED) is 0.757. The number of nitrogens with one attached hydrogen (secondary N) is 1. The van der Waals surface area contributed by atoms with Gasteiger partial charge < -0.3 is 20.1 Å². The molecule has 1 heterocycles. The van der Waals surface area contributed by atoms with Crippen LogP contribution in [0.3, 0.4) is 0 Å². The van der Waals surface area contributed by atoms with Gasteiger partial charge in [-0.1, -0.05) is 12.1 Å². The van der Waals surface area contributed by atoms with Gasteiger partial charge in [-0.3, -0.25) is 0 Å². The third-order valence-electron chi connectivity index (χ3n) is 3.98. The van der Waals surface area contributed by atoms with Crippen molar-refractivity contribution < 1.29 is 19.0 Å². The van der Waals surface area contributed by atoms with Gasteiger partial charge in [-0.05, 0) is 37.8 Å². The van der Waals surface area contributed by atoms with Crippen LogP contribution in [-0.2, 0) is 0 Å². The van der Waals surface area contributed by atoms with Gasteiger partial charge in [0.25, 0.3) is 0 Å². The highest BCUT2D eigenvalue weighted by Gasteiger charge is 2.24. The Balaban J connectivity index is 1.74. The number of para-hydroxylation sites is 1. The van der Waals surface area contributed by atoms with Crippen LogP contribution in [0, 0.1) is 11.7 Å². The van der Waals surface area contributed by atoms with Crippen LogP contribution in [0.4, 0.5) is 9.18 Å². The molecular weight excluding hydrogens is 299 g/mol. The van der Waals surface area contributed by atoms with Crippen molar-refractivity contribution in [2.45, 2.75) is 25.7 Å². The molecule has 0 radical (unpaired) electrons. The molecule has 5 nitrogen and oxygen atoms in total. The van der Waals surface area contributed by atoms with Crippen molar-refractivity contribution in [2.24, 2.45) is 5.92 Å². The molecule has 128 valence electrons. The summed E-state index contributed by atoms with van der Waals surface area (Å²) in [6.07, 6.45) is 3.37. The summed E-state index contributed by atoms with van der Waals surface area (Å²) in [6, 6.07) is 6.29. The molecule has 0 spiro atoms. The van der Waals surface area contributed by atoms with Crippen LogP contribution in [0.1, 0.15) is 25.7 Å². The zero-order valence-electron chi connectivity index (χ0n) is 13.3. The van der Waals surface area contributed by atoms with Gasteiger partial charge in [0.1, 0.15) is 0 Å². The van der Waals surface area contributed by atoms with E-state index in [2.05, 4.69) is 5.32 Å². The number of rotatable bonds is 7. The van der Waals surface area contributed by atoms with Crippen molar-refractivity contribution >= 4 is 6.03 Å². The lowest BCUT2D eigenvalue weighted by molar-refractivity contribution is 0.135. The predicted molar refractivity (Wildman–Crippen MR) is 85.9 cm³/mol. The highest BCUT2D eigenvalue weighted by atomic mass is 19.1. The molecule has 23 heavy (non-hydrogen) atoms. The fourth-order valence-corrected chi connectivity index (χ4v) is 2.70. The number of piperidine rings is 1. The maximum absolute atomic E-state index is 13.5. The molecule has 1 aromatic carbocycles. The average molecular weight is 324 g/mol. The highest BCUT2D eigenvalue weighted by Crippen LogP contribution is 2.20. The van der Waals surface area contributed by atoms with Crippen LogP contribution >= 0.6 is 0 Å². The Morgan fingerprint density at radius 1 is 1.39 bits per heavy atom. The number of hydrogen-bond acceptors (Lipinski definition) is 3. The van der Waals surface area contributed by atoms with Gasteiger partial charge in [0.15, 0.2) is 11.6 Å². The van der Waals surface area contributed by atoms with Crippen molar-refractivity contribution in [1.82, 2.24) is 10.2 Å². The van der Waals surface area contributed by atoms with E-state index < -0.39 is 0 Å². The largest absolute Gasteiger partial charge is 0.490 e. The van der Waals surface area contributed by atoms with Gasteiger partial charge in [-0.2, -0.15) is 0 Å². The Hall–Kier alpha value is -1.82. The monoisotopic (exact) mass is 324 g/mol. The summed E-state index contributed by atoms with van der Waals surface area (Å²) in [4.78, 5) is 13.9. The molecule has 0 saturated carbocycles. The van der Waals surface area contributed by atoms with E-state index in [4.69, 9.17) is 9.84 Å². The number of halogens is 1. The Morgan fingerprint density at radius 3 is 3.00 bits per heavy atom. The minimum atomic E-state index is -0.359. The normalized spacial score (nSPS) is 17.8. The third-order valence-corrected chi connectivity index (χ3v) is 3.98. The molecule has 0 unspecified atom stereocenters. The molecule has 1 atom stereocenters. The number of carbonyl (C=O) groups is 1. The molecule has 2 rings (SSSR count). The van der Waals surface area contributed by atoms with E-state index in [1.54, 1.807) is 23.1 Å². The van der Waals surface area contributed by atoms with Gasteiger partial charge >= 0.3 is 6.03 Å². The summed E-state index contributed by atoms with van der Waals surface area (Å²) >= 11 is 0. The molecule has 1 aliphatic rings. The number of urea groups is 1. The molecule has 0 bridgehead atoms. The summed E-state index contributed by atoms with van der Waals surface area (Å²) in [5, 5.41) is 11.6. The Morgan fingerprint density at radius 2 is 2.22 bits per heavy atom. The van der Waals surface area contributed by atoms with E-state index in [0.29, 0.717) is 26.1 Å². The van der Waals surface area contributed by atoms with E-state index in [1.807, 2.05) is 0 Å². The number of carbonyl (C=O) groups excluding carboxylic acids is 1. The summed E-state index contributed by atoms with van der Waals surface area (Å²) < 4.78 is 19.1. The van der Waals surface area contributed by atoms with Crippen LogP contribution in [0.15, 0.2) is 24.3 Å². The first-order chi connectivity index (χ1) is 11.2. The number of ether oxygens (including phenoxy) is 1. The van der Waals surface area contributed by atoms with E-state index in [-0.39, 0.29) is 30.1 Å². The van der Waals surface area contributed by atoms with E-state index >= 15 is 0 Å². The number of unbranched alkanes of at least 4 members (excludes halogenated alkanes) is 1. The summed E-state index contributed by atoms with van der Waals surface area (Å²) in [6.45, 7) is 2.50. The van der Waals surface area contributed by atoms with E-state index in [0.717, 1.165) is 25.8 Å². The van der Waals surface area contributed by atoms with Crippen molar-refractivity contribution in [2.75, 3.05) is 32.8 Å². The summed E-state index contributed by atoms with van der Waals surface area (Å²) in [7, 11) is 0. The topological polar surface area (TPSA) is 61.8 Å². The molecule has 2 N–H and O–H groups in total. The molecule has 1 fully saturated rings. The second-order valence-corrected chi connectivity index (χ2v) is 5.86. The Labute approximate surface area is 136 Å². The van der Waals surface area contributed by atoms with Gasteiger partial charge in [-0.15, -0.1) is 0 Å². The first kappa shape index (κ1) is 17.5. The fraction of sp³-hybridized carbons (Fsp3) is 0.588. The van der Waals surface area contributed by atoms with Crippen LogP contribution < -0.4 is 10.1 Å². The lowest BCUT2D eigenvalue weighted by Gasteiger charge is -2.32. The van der Waals surface area contributed by atoms with Gasteiger partial charge in [0.2, 0.25) is 0 Å². The lowest BCUT2D eigenvalue weighted by atomic mass is 9.99. The number of aliphatic hydroxyl groups excluding tert-OH is 1. The number of likely N-dealkylation sites (tertiary alicyclic amines) is 1. The van der Waals surface area contributed by atoms with Crippen molar-refractivity contribution in [3.05, 3.63) is 30.1 Å². The lowest BCUT2D eigenvalue weighted by Crippen LogP contribution is -2.46. The number of nitrogens with zero attached hydrogens (tertiary/aromatic N) is 1. The maximum atomic E-state index is 13.5. The van der Waals surface area contributed by atoms with Crippen molar-refractivity contribution in [3.63, 3.8) is 0 Å². The molecule has 1 aliphatic heterocycles. The van der Waals surface area contributed by atoms with Crippen LogP contribution in [0.2, 0.25) is 0 Å². The van der Waals surface area contributed by atoms with Gasteiger partial charge in [0, 0.05) is 32.2 Å². The van der Waals surface area contributed by atoms with Gasteiger partial charge in [0.05, 0.1) is 6.61 Å². The minimum Gasteiger partial charge on any atom is -0.490 e. The van der Waals surface area contributed by atoms with E-state index in [9.17, 15) is 9.18 Å². The zero-order chi connectivity index (χ0) is 16.5. The second kappa shape index (κ2) is 9.35. The van der Waals surface area contributed by atoms with Crippen molar-refractivity contribution in [3.8, 4) is 5.75 Å². The second-order valence-electron chi connectivity index (χ2n) is 5.86. The number of benzene rings is 1. The molecule has 1 saturated heterocycles. The summed E-state index contributed by atoms with van der Waals surface area (Å²) in [5.74, 6) is 0.117. The van der Waals surface area contributed by atoms with Crippen LogP contribution in [0.5, 0.6) is 5.75 Å². The highest BCUT2D eigenvalue weighted by molar-refractivity contribution is 5.74. The first-order valence-corrected chi connectivity index (χ1v) is 8.21.